The molecule has 0 aromatic carbocycles. The van der Waals surface area contributed by atoms with E-state index in [1.165, 1.54) is 32.4 Å². The van der Waals surface area contributed by atoms with Crippen molar-refractivity contribution in [1.29, 1.82) is 0 Å². The Balaban J connectivity index is 3.14. The Morgan fingerprint density at radius 1 is 1.41 bits per heavy atom. The van der Waals surface area contributed by atoms with Gasteiger partial charge in [-0.2, -0.15) is 0 Å². The molecule has 0 heterocycles. The molecule has 0 bridgehead atoms. The molecule has 0 spiro atoms. The summed E-state index contributed by atoms with van der Waals surface area (Å²) in [5, 5.41) is 18.0. The minimum Gasteiger partial charge on any atom is -0.497 e. The molecule has 1 aliphatic carbocycles. The van der Waals surface area contributed by atoms with Crippen LogP contribution in [0.15, 0.2) is 24.0 Å². The molecule has 2 atom stereocenters. The quantitative estimate of drug-likeness (QED) is 0.735. The number of aliphatic carboxylic acids is 2. The number of allylic oxidation sites excluding steroid dienone is 1. The standard InChI is InChI=1S/C11H14O6/c1-16-8-4-3-7(5-9(12)13)11(6-8,17-2)10(14)15/h3-4,6-7H,5H2,1-2H3,(H,12,13)(H,14,15). The molecular formula is C11H14O6. The lowest BCUT2D eigenvalue weighted by Crippen LogP contribution is -2.47. The van der Waals surface area contributed by atoms with Crippen LogP contribution in [0.25, 0.3) is 0 Å². The van der Waals surface area contributed by atoms with Crippen LogP contribution >= 0.6 is 0 Å². The molecule has 6 heteroatoms. The lowest BCUT2D eigenvalue weighted by molar-refractivity contribution is -0.162. The molecule has 0 aromatic rings. The molecule has 0 fully saturated rings. The summed E-state index contributed by atoms with van der Waals surface area (Å²) in [5.74, 6) is -2.78. The highest BCUT2D eigenvalue weighted by Crippen LogP contribution is 2.33. The Morgan fingerprint density at radius 3 is 2.47 bits per heavy atom. The summed E-state index contributed by atoms with van der Waals surface area (Å²) >= 11 is 0. The van der Waals surface area contributed by atoms with Crippen molar-refractivity contribution < 1.29 is 29.3 Å². The van der Waals surface area contributed by atoms with Crippen LogP contribution in [-0.4, -0.2) is 42.0 Å². The highest BCUT2D eigenvalue weighted by molar-refractivity contribution is 5.83. The first-order valence-corrected chi connectivity index (χ1v) is 4.91. The Kier molecular flexibility index (Phi) is 3.90. The van der Waals surface area contributed by atoms with Gasteiger partial charge >= 0.3 is 11.9 Å². The molecule has 2 unspecified atom stereocenters. The fourth-order valence-corrected chi connectivity index (χ4v) is 1.77. The average molecular weight is 242 g/mol. The molecule has 6 nitrogen and oxygen atoms in total. The van der Waals surface area contributed by atoms with Gasteiger partial charge < -0.3 is 19.7 Å². The lowest BCUT2D eigenvalue weighted by Gasteiger charge is -2.33. The zero-order valence-electron chi connectivity index (χ0n) is 9.54. The first-order valence-electron chi connectivity index (χ1n) is 4.91. The predicted octanol–water partition coefficient (Wildman–Crippen LogP) is 0.647. The van der Waals surface area contributed by atoms with Gasteiger partial charge in [0.05, 0.1) is 13.5 Å². The maximum atomic E-state index is 11.3. The Bertz CT molecular complexity index is 383. The van der Waals surface area contributed by atoms with Gasteiger partial charge in [-0.1, -0.05) is 6.08 Å². The van der Waals surface area contributed by atoms with Crippen LogP contribution in [0.1, 0.15) is 6.42 Å². The van der Waals surface area contributed by atoms with Crippen LogP contribution < -0.4 is 0 Å². The molecule has 0 aromatic heterocycles. The number of ether oxygens (including phenoxy) is 2. The minimum absolute atomic E-state index is 0.329. The third-order valence-corrected chi connectivity index (χ3v) is 2.70. The second-order valence-corrected chi connectivity index (χ2v) is 3.62. The first-order chi connectivity index (χ1) is 7.96. The first kappa shape index (κ1) is 13.2. The third kappa shape index (κ3) is 2.47. The topological polar surface area (TPSA) is 93.1 Å². The fraction of sp³-hybridized carbons (Fsp3) is 0.455. The van der Waals surface area contributed by atoms with Gasteiger partial charge in [0.2, 0.25) is 0 Å². The van der Waals surface area contributed by atoms with Crippen molar-refractivity contribution in [3.63, 3.8) is 0 Å². The SMILES string of the molecule is COC1=CC(OC)(C(=O)O)C(CC(=O)O)C=C1. The van der Waals surface area contributed by atoms with Crippen LogP contribution in [0, 0.1) is 5.92 Å². The number of hydrogen-bond acceptors (Lipinski definition) is 4. The molecule has 0 radical (unpaired) electrons. The number of carboxylic acids is 2. The van der Waals surface area contributed by atoms with Crippen molar-refractivity contribution in [2.45, 2.75) is 12.0 Å². The monoisotopic (exact) mass is 242 g/mol. The summed E-state index contributed by atoms with van der Waals surface area (Å²) in [7, 11) is 2.63. The number of carboxylic acid groups (broad SMARTS) is 2. The van der Waals surface area contributed by atoms with E-state index < -0.39 is 23.5 Å². The molecule has 17 heavy (non-hydrogen) atoms. The number of carbonyl (C=O) groups is 2. The Hall–Kier alpha value is -1.82. The maximum Gasteiger partial charge on any atom is 0.340 e. The number of hydrogen-bond donors (Lipinski definition) is 2. The van der Waals surface area contributed by atoms with Crippen LogP contribution in [0.2, 0.25) is 0 Å². The maximum absolute atomic E-state index is 11.3. The molecule has 0 aliphatic heterocycles. The number of methoxy groups -OCH3 is 2. The van der Waals surface area contributed by atoms with Crippen molar-refractivity contribution in [2.24, 2.45) is 5.92 Å². The van der Waals surface area contributed by atoms with Crippen molar-refractivity contribution in [1.82, 2.24) is 0 Å². The normalized spacial score (nSPS) is 27.4. The van der Waals surface area contributed by atoms with Gasteiger partial charge in [-0.3, -0.25) is 4.79 Å². The summed E-state index contributed by atoms with van der Waals surface area (Å²) in [5.41, 5.74) is -1.70. The second-order valence-electron chi connectivity index (χ2n) is 3.62. The van der Waals surface area contributed by atoms with Gasteiger partial charge in [0, 0.05) is 19.1 Å². The van der Waals surface area contributed by atoms with E-state index in [2.05, 4.69) is 0 Å². The zero-order valence-corrected chi connectivity index (χ0v) is 9.54. The molecule has 1 rings (SSSR count). The average Bonchev–Trinajstić information content (AvgIpc) is 2.28. The summed E-state index contributed by atoms with van der Waals surface area (Å²) in [6.07, 6.45) is 3.96. The molecule has 0 amide bonds. The van der Waals surface area contributed by atoms with Gasteiger partial charge in [-0.05, 0) is 6.08 Å². The predicted molar refractivity (Wildman–Crippen MR) is 57.4 cm³/mol. The van der Waals surface area contributed by atoms with Gasteiger partial charge in [0.15, 0.2) is 5.60 Å². The molecule has 0 saturated heterocycles. The van der Waals surface area contributed by atoms with Crippen LogP contribution in [0.5, 0.6) is 0 Å². The van der Waals surface area contributed by atoms with E-state index in [1.54, 1.807) is 0 Å². The van der Waals surface area contributed by atoms with Crippen molar-refractivity contribution in [3.8, 4) is 0 Å². The zero-order chi connectivity index (χ0) is 13.1. The van der Waals surface area contributed by atoms with E-state index in [0.29, 0.717) is 5.76 Å². The Labute approximate surface area is 98.1 Å². The molecule has 0 saturated carbocycles. The van der Waals surface area contributed by atoms with E-state index >= 15 is 0 Å². The molecule has 2 N–H and O–H groups in total. The summed E-state index contributed by atoms with van der Waals surface area (Å²) < 4.78 is 9.95. The smallest absolute Gasteiger partial charge is 0.340 e. The van der Waals surface area contributed by atoms with Gasteiger partial charge in [-0.25, -0.2) is 4.79 Å². The molecular weight excluding hydrogens is 228 g/mol. The second kappa shape index (κ2) is 5.01. The van der Waals surface area contributed by atoms with Crippen molar-refractivity contribution in [2.75, 3.05) is 14.2 Å². The highest BCUT2D eigenvalue weighted by Gasteiger charge is 2.46. The van der Waals surface area contributed by atoms with Crippen molar-refractivity contribution >= 4 is 11.9 Å². The van der Waals surface area contributed by atoms with Crippen LogP contribution in [0.3, 0.4) is 0 Å². The molecule has 94 valence electrons. The summed E-state index contributed by atoms with van der Waals surface area (Å²) in [6.45, 7) is 0. The van der Waals surface area contributed by atoms with Crippen LogP contribution in [0.4, 0.5) is 0 Å². The fourth-order valence-electron chi connectivity index (χ4n) is 1.77. The van der Waals surface area contributed by atoms with Gasteiger partial charge in [0.1, 0.15) is 5.76 Å². The largest absolute Gasteiger partial charge is 0.497 e. The third-order valence-electron chi connectivity index (χ3n) is 2.70. The lowest BCUT2D eigenvalue weighted by atomic mass is 9.81. The summed E-state index contributed by atoms with van der Waals surface area (Å²) in [4.78, 5) is 22.0. The van der Waals surface area contributed by atoms with Gasteiger partial charge in [-0.15, -0.1) is 0 Å². The van der Waals surface area contributed by atoms with Gasteiger partial charge in [0.25, 0.3) is 0 Å². The number of rotatable bonds is 5. The molecule has 1 aliphatic rings. The van der Waals surface area contributed by atoms with Crippen LogP contribution in [-0.2, 0) is 19.1 Å². The Morgan fingerprint density at radius 2 is 2.06 bits per heavy atom. The van der Waals surface area contributed by atoms with E-state index in [9.17, 15) is 14.7 Å². The summed E-state index contributed by atoms with van der Waals surface area (Å²) in [6, 6.07) is 0. The van der Waals surface area contributed by atoms with E-state index in [1.807, 2.05) is 0 Å². The van der Waals surface area contributed by atoms with E-state index in [0.717, 1.165) is 0 Å². The van der Waals surface area contributed by atoms with E-state index in [-0.39, 0.29) is 6.42 Å². The minimum atomic E-state index is -1.70. The highest BCUT2D eigenvalue weighted by atomic mass is 16.5. The van der Waals surface area contributed by atoms with Crippen molar-refractivity contribution in [3.05, 3.63) is 24.0 Å². The van der Waals surface area contributed by atoms with E-state index in [4.69, 9.17) is 14.6 Å².